The molecule has 0 heterocycles. The molecule has 1 fully saturated rings. The van der Waals surface area contributed by atoms with Gasteiger partial charge >= 0.3 is 18.5 Å². The fourth-order valence-corrected chi connectivity index (χ4v) is 35.7. The van der Waals surface area contributed by atoms with Gasteiger partial charge in [-0.2, -0.15) is 0 Å². The Morgan fingerprint density at radius 3 is 1.13 bits per heavy atom. The van der Waals surface area contributed by atoms with Crippen molar-refractivity contribution in [2.45, 2.75) is 243 Å². The summed E-state index contributed by atoms with van der Waals surface area (Å²) < 4.78 is 54.3. The van der Waals surface area contributed by atoms with Crippen LogP contribution in [0.5, 0.6) is 34.5 Å². The number of aryl methyl sites for hydroxylation is 4. The van der Waals surface area contributed by atoms with Crippen LogP contribution in [-0.2, 0) is 43.8 Å². The molecule has 0 N–H and O–H groups in total. The van der Waals surface area contributed by atoms with Gasteiger partial charge in [-0.15, -0.1) is 0 Å². The van der Waals surface area contributed by atoms with Crippen molar-refractivity contribution in [1.29, 1.82) is 0 Å². The summed E-state index contributed by atoms with van der Waals surface area (Å²) in [7, 11) is -8.86. The van der Waals surface area contributed by atoms with Gasteiger partial charge in [-0.25, -0.2) is 14.4 Å². The molecule has 0 saturated heterocycles. The van der Waals surface area contributed by atoms with E-state index in [9.17, 15) is 14.4 Å². The Morgan fingerprint density at radius 2 is 0.737 bits per heavy atom. The molecule has 0 unspecified atom stereocenters. The van der Waals surface area contributed by atoms with Crippen molar-refractivity contribution in [1.82, 2.24) is 0 Å². The molecule has 1 saturated carbocycles. The number of hydrogen-bond donors (Lipinski definition) is 0. The van der Waals surface area contributed by atoms with E-state index in [2.05, 4.69) is 115 Å². The fourth-order valence-electron chi connectivity index (χ4n) is 12.6. The molecule has 0 amide bonds. The van der Waals surface area contributed by atoms with Crippen LogP contribution in [0.1, 0.15) is 136 Å². The second-order valence-electron chi connectivity index (χ2n) is 28.1. The third kappa shape index (κ3) is 27.3. The fraction of sp³-hybridized carbons (Fsp3) is 0.494. The molecule has 12 nitrogen and oxygen atoms in total. The summed E-state index contributed by atoms with van der Waals surface area (Å²) in [6, 6.07) is 50.5. The van der Waals surface area contributed by atoms with E-state index >= 15 is 0 Å². The summed E-state index contributed by atoms with van der Waals surface area (Å²) in [5.41, 5.74) is 6.03. The average molecular weight is 1410 g/mol. The molecule has 528 valence electrons. The normalized spacial score (nSPS) is 13.1. The first-order valence-corrected chi connectivity index (χ1v) is 52.1. The highest BCUT2D eigenvalue weighted by molar-refractivity contribution is 7.38. The molecular weight excluding hydrogens is 1290 g/mol. The van der Waals surface area contributed by atoms with Gasteiger partial charge in [0.1, 0.15) is 34.5 Å². The first-order chi connectivity index (χ1) is 42.0. The zero-order chi connectivity index (χ0) is 64.5. The van der Waals surface area contributed by atoms with Gasteiger partial charge in [0.2, 0.25) is 0 Å². The van der Waals surface area contributed by atoms with Gasteiger partial charge in [0.05, 0.1) is 7.59 Å². The number of carbonyl (C=O) groups is 3. The Kier molecular flexibility index (Phi) is 35.9. The zero-order valence-corrected chi connectivity index (χ0v) is 61.8. The molecule has 0 spiro atoms. The lowest BCUT2D eigenvalue weighted by molar-refractivity contribution is 0.150. The van der Waals surface area contributed by atoms with Gasteiger partial charge in [-0.05, 0) is 236 Å². The Morgan fingerprint density at radius 1 is 0.379 bits per heavy atom. The number of ether oxygens (including phenoxy) is 6. The molecule has 95 heavy (non-hydrogen) atoms. The van der Waals surface area contributed by atoms with Crippen molar-refractivity contribution in [2.75, 3.05) is 7.11 Å². The van der Waals surface area contributed by atoms with Crippen LogP contribution in [0, 0.1) is 0 Å². The molecule has 1 aliphatic rings. The molecule has 1 aliphatic carbocycles. The van der Waals surface area contributed by atoms with Crippen LogP contribution in [-0.4, -0.2) is 74.3 Å². The first-order valence-electron chi connectivity index (χ1n) is 32.2. The van der Waals surface area contributed by atoms with Crippen molar-refractivity contribution in [2.24, 2.45) is 0 Å². The van der Waals surface area contributed by atoms with E-state index < -0.39 is 67.2 Å². The van der Waals surface area contributed by atoms with Crippen molar-refractivity contribution in [3.8, 4) is 34.5 Å². The number of benzene rings is 6. The zero-order valence-electron chi connectivity index (χ0n) is 55.8. The van der Waals surface area contributed by atoms with E-state index in [1.165, 1.54) is 0 Å². The second-order valence-corrected chi connectivity index (χ2v) is 61.4. The van der Waals surface area contributed by atoms with Crippen LogP contribution in [0.3, 0.4) is 0 Å². The summed E-state index contributed by atoms with van der Waals surface area (Å²) in [6.45, 7) is 30.0. The van der Waals surface area contributed by atoms with E-state index in [0.29, 0.717) is 34.5 Å². The van der Waals surface area contributed by atoms with Crippen molar-refractivity contribution in [3.05, 3.63) is 179 Å². The predicted molar refractivity (Wildman–Crippen MR) is 415 cm³/mol. The largest absolute Gasteiger partial charge is 0.519 e. The summed E-state index contributed by atoms with van der Waals surface area (Å²) in [4.78, 5) is 39.7. The van der Waals surface area contributed by atoms with Crippen molar-refractivity contribution < 1.29 is 55.5 Å². The lowest BCUT2D eigenvalue weighted by atomic mass is 9.65. The summed E-state index contributed by atoms with van der Waals surface area (Å²) >= 11 is 0. The molecule has 18 heteroatoms. The Hall–Kier alpha value is -5.69. The van der Waals surface area contributed by atoms with Crippen LogP contribution in [0.4, 0.5) is 14.4 Å². The smallest absolute Gasteiger partial charge is 0.456 e. The minimum absolute atomic E-state index is 0. The highest BCUT2D eigenvalue weighted by Gasteiger charge is 2.42. The maximum Gasteiger partial charge on any atom is 0.519 e. The minimum Gasteiger partial charge on any atom is -0.456 e. The SMILES string of the molecule is C.C.C.C.C.C.CO[Si](C)(C)[Si](C)(C)CCCc1ccccc1OC(=O)Oc1cccc(CCC[Si](C)(C)O[Si](C)(C)CCCc2ccccc2OC(=O)Oc2ccc(C3(c4ccc(OC(=O)Oc5ccccc5CCC[Si](C)(C)O[Si](C)(C)C)cc4)CCCCC3)cc2)c1. The number of para-hydroxylation sites is 3. The highest BCUT2D eigenvalue weighted by atomic mass is 29.3. The second kappa shape index (κ2) is 39.0. The molecule has 0 aliphatic heterocycles. The molecular formula is C77H124O12Si6. The van der Waals surface area contributed by atoms with Gasteiger partial charge in [0.15, 0.2) is 41.1 Å². The van der Waals surface area contributed by atoms with Crippen molar-refractivity contribution in [3.63, 3.8) is 0 Å². The van der Waals surface area contributed by atoms with Crippen LogP contribution >= 0.6 is 0 Å². The summed E-state index contributed by atoms with van der Waals surface area (Å²) in [5, 5.41) is 0. The van der Waals surface area contributed by atoms with Crippen LogP contribution < -0.4 is 28.4 Å². The highest BCUT2D eigenvalue weighted by Crippen LogP contribution is 2.46. The Labute approximate surface area is 582 Å². The third-order valence-corrected chi connectivity index (χ3v) is 48.5. The maximum atomic E-state index is 13.4. The average Bonchev–Trinajstić information content (AvgIpc) is 0.858. The van der Waals surface area contributed by atoms with E-state index in [1.807, 2.05) is 116 Å². The molecule has 6 aromatic rings. The lowest BCUT2D eigenvalue weighted by Gasteiger charge is -2.38. The summed E-state index contributed by atoms with van der Waals surface area (Å²) in [5.74, 6) is 2.82. The molecule has 0 bridgehead atoms. The number of carbonyl (C=O) groups excluding carboxylic acids is 3. The molecule has 6 aromatic carbocycles. The van der Waals surface area contributed by atoms with E-state index in [0.717, 1.165) is 141 Å². The molecule has 7 rings (SSSR count). The predicted octanol–water partition coefficient (Wildman–Crippen LogP) is 24.0. The molecule has 0 radical (unpaired) electrons. The number of hydrogen-bond acceptors (Lipinski definition) is 12. The number of rotatable bonds is 30. The maximum absolute atomic E-state index is 13.4. The first kappa shape index (κ1) is 87.3. The van der Waals surface area contributed by atoms with Gasteiger partial charge in [-0.3, -0.25) is 0 Å². The Balaban J connectivity index is 0.00000752. The minimum atomic E-state index is -2.06. The van der Waals surface area contributed by atoms with E-state index in [1.54, 1.807) is 6.07 Å². The van der Waals surface area contributed by atoms with Gasteiger partial charge in [-0.1, -0.05) is 180 Å². The lowest BCUT2D eigenvalue weighted by Crippen LogP contribution is -2.56. The molecule has 0 aromatic heterocycles. The van der Waals surface area contributed by atoms with Crippen LogP contribution in [0.25, 0.3) is 0 Å². The van der Waals surface area contributed by atoms with E-state index in [-0.39, 0.29) is 50.0 Å². The van der Waals surface area contributed by atoms with Crippen molar-refractivity contribution >= 4 is 67.2 Å². The van der Waals surface area contributed by atoms with Gasteiger partial charge in [0.25, 0.3) is 0 Å². The van der Waals surface area contributed by atoms with Crippen LogP contribution in [0.2, 0.25) is 109 Å². The topological polar surface area (TPSA) is 134 Å². The molecule has 0 atom stereocenters. The summed E-state index contributed by atoms with van der Waals surface area (Å²) in [6.07, 6.45) is 9.96. The van der Waals surface area contributed by atoms with Gasteiger partial charge in [0, 0.05) is 12.5 Å². The third-order valence-electron chi connectivity index (χ3n) is 17.7. The van der Waals surface area contributed by atoms with E-state index in [4.69, 9.17) is 41.1 Å². The van der Waals surface area contributed by atoms with Crippen LogP contribution in [0.15, 0.2) is 146 Å². The Bertz CT molecular complexity index is 3260. The quantitative estimate of drug-likeness (QED) is 0.0241. The monoisotopic (exact) mass is 1410 g/mol. The standard InChI is InChI=1S/C71H100O12Si6.6CH4/c1-75-89(13,14)88(11,12)54-28-36-59-33-18-21-40-67(59)81-70(74)78-64-37-24-29-56(55-64)30-25-51-86(7,8)83-87(9,10)53-27-35-58-32-17-20-39-66(58)80-69(73)77-63-47-43-61(44-48-63)71(49-22-15-23-50-71)60-41-45-62(46-42-60)76-68(72)79-65-38-19-16-31-57(65)34-26-52-85(5,6)82-84(2,3)4;;;;;;/h16-21,24,29,31-33,37-48,55H,15,22-23,25-28,30,34-36,49-54H2,1-14H3;6*1H4. The van der Waals surface area contributed by atoms with Gasteiger partial charge < -0.3 is 41.1 Å².